The molecule has 0 radical (unpaired) electrons. The second-order valence-electron chi connectivity index (χ2n) is 5.14. The van der Waals surface area contributed by atoms with Crippen LogP contribution in [-0.2, 0) is 0 Å². The van der Waals surface area contributed by atoms with Gasteiger partial charge in [-0.15, -0.1) is 0 Å². The van der Waals surface area contributed by atoms with E-state index in [9.17, 15) is 0 Å². The quantitative estimate of drug-likeness (QED) is 0.865. The van der Waals surface area contributed by atoms with Crippen molar-refractivity contribution >= 4 is 17.3 Å². The predicted octanol–water partition coefficient (Wildman–Crippen LogP) is 4.59. The van der Waals surface area contributed by atoms with Gasteiger partial charge in [0.25, 0.3) is 0 Å². The first-order valence-electron chi connectivity index (χ1n) is 6.67. The molecule has 1 saturated carbocycles. The summed E-state index contributed by atoms with van der Waals surface area (Å²) in [7, 11) is 0. The van der Waals surface area contributed by atoms with E-state index >= 15 is 0 Å². The predicted molar refractivity (Wildman–Crippen MR) is 75.8 cm³/mol. The highest BCUT2D eigenvalue weighted by molar-refractivity contribution is 6.33. The summed E-state index contributed by atoms with van der Waals surface area (Å²) in [5.41, 5.74) is 1.53. The Morgan fingerprint density at radius 1 is 1.33 bits per heavy atom. The van der Waals surface area contributed by atoms with E-state index in [1.54, 1.807) is 12.1 Å². The minimum atomic E-state index is 0.414. The average Bonchev–Trinajstić information content (AvgIpc) is 2.42. The monoisotopic (exact) mass is 262 g/mol. The fraction of sp³-hybridized carbons (Fsp3) is 0.533. The molecule has 0 amide bonds. The third-order valence-corrected chi connectivity index (χ3v) is 4.17. The zero-order valence-corrected chi connectivity index (χ0v) is 11.5. The number of rotatable bonds is 3. The van der Waals surface area contributed by atoms with E-state index in [2.05, 4.69) is 18.3 Å². The van der Waals surface area contributed by atoms with Gasteiger partial charge >= 0.3 is 0 Å². The standard InChI is InChI=1S/C15H19ClN2/c1-11(13-5-3-2-4-6-13)18-15-9-12(10-17)7-8-14(15)16/h7-9,11,13,18H,2-6H2,1H3. The molecule has 3 heteroatoms. The molecular formula is C15H19ClN2. The molecule has 2 rings (SSSR count). The van der Waals surface area contributed by atoms with E-state index in [1.165, 1.54) is 32.1 Å². The van der Waals surface area contributed by atoms with Crippen molar-refractivity contribution < 1.29 is 0 Å². The lowest BCUT2D eigenvalue weighted by Gasteiger charge is -2.29. The summed E-state index contributed by atoms with van der Waals surface area (Å²) in [6.45, 7) is 2.21. The van der Waals surface area contributed by atoms with Crippen LogP contribution in [0, 0.1) is 17.2 Å². The number of hydrogen-bond donors (Lipinski definition) is 1. The summed E-state index contributed by atoms with van der Waals surface area (Å²) in [6, 6.07) is 7.93. The molecule has 0 aromatic heterocycles. The third-order valence-electron chi connectivity index (χ3n) is 3.84. The zero-order chi connectivity index (χ0) is 13.0. The molecule has 0 bridgehead atoms. The number of nitriles is 1. The smallest absolute Gasteiger partial charge is 0.0992 e. The van der Waals surface area contributed by atoms with Crippen molar-refractivity contribution in [2.75, 3.05) is 5.32 Å². The molecule has 1 atom stereocenters. The molecular weight excluding hydrogens is 244 g/mol. The molecule has 0 aliphatic heterocycles. The molecule has 18 heavy (non-hydrogen) atoms. The number of hydrogen-bond acceptors (Lipinski definition) is 2. The van der Waals surface area contributed by atoms with Gasteiger partial charge in [0.15, 0.2) is 0 Å². The summed E-state index contributed by atoms with van der Waals surface area (Å²) in [5.74, 6) is 0.723. The Balaban J connectivity index is 2.06. The summed E-state index contributed by atoms with van der Waals surface area (Å²) in [6.07, 6.45) is 6.63. The van der Waals surface area contributed by atoms with Crippen LogP contribution in [0.5, 0.6) is 0 Å². The van der Waals surface area contributed by atoms with Gasteiger partial charge in [-0.05, 0) is 43.9 Å². The van der Waals surface area contributed by atoms with E-state index in [1.807, 2.05) is 6.07 Å². The highest BCUT2D eigenvalue weighted by Crippen LogP contribution is 2.30. The van der Waals surface area contributed by atoms with Crippen LogP contribution in [0.4, 0.5) is 5.69 Å². The van der Waals surface area contributed by atoms with Crippen LogP contribution in [0.25, 0.3) is 0 Å². The Labute approximate surface area is 114 Å². The van der Waals surface area contributed by atoms with Gasteiger partial charge in [0, 0.05) is 6.04 Å². The first-order valence-corrected chi connectivity index (χ1v) is 7.04. The van der Waals surface area contributed by atoms with Crippen molar-refractivity contribution in [3.8, 4) is 6.07 Å². The van der Waals surface area contributed by atoms with Crippen LogP contribution < -0.4 is 5.32 Å². The van der Waals surface area contributed by atoms with Crippen LogP contribution in [0.2, 0.25) is 5.02 Å². The van der Waals surface area contributed by atoms with Gasteiger partial charge in [0.1, 0.15) is 0 Å². The molecule has 1 aromatic carbocycles. The van der Waals surface area contributed by atoms with Crippen molar-refractivity contribution in [2.45, 2.75) is 45.1 Å². The van der Waals surface area contributed by atoms with Gasteiger partial charge in [-0.2, -0.15) is 5.26 Å². The summed E-state index contributed by atoms with van der Waals surface area (Å²) in [5, 5.41) is 13.1. The van der Waals surface area contributed by atoms with E-state index in [-0.39, 0.29) is 0 Å². The van der Waals surface area contributed by atoms with E-state index in [0.29, 0.717) is 16.6 Å². The first-order chi connectivity index (χ1) is 8.70. The van der Waals surface area contributed by atoms with Crippen molar-refractivity contribution in [1.82, 2.24) is 0 Å². The van der Waals surface area contributed by atoms with Gasteiger partial charge in [-0.3, -0.25) is 0 Å². The normalized spacial score (nSPS) is 18.1. The molecule has 1 aromatic rings. The molecule has 96 valence electrons. The molecule has 1 aliphatic carbocycles. The number of nitrogens with one attached hydrogen (secondary N) is 1. The molecule has 0 saturated heterocycles. The highest BCUT2D eigenvalue weighted by atomic mass is 35.5. The summed E-state index contributed by atoms with van der Waals surface area (Å²) >= 11 is 6.16. The second kappa shape index (κ2) is 6.11. The van der Waals surface area contributed by atoms with E-state index in [0.717, 1.165) is 11.6 Å². The van der Waals surface area contributed by atoms with Gasteiger partial charge in [0.05, 0.1) is 22.3 Å². The lowest BCUT2D eigenvalue weighted by atomic mass is 9.84. The minimum Gasteiger partial charge on any atom is -0.381 e. The van der Waals surface area contributed by atoms with Crippen LogP contribution in [0.15, 0.2) is 18.2 Å². The SMILES string of the molecule is CC(Nc1cc(C#N)ccc1Cl)C1CCCCC1. The third kappa shape index (κ3) is 3.17. The van der Waals surface area contributed by atoms with Crippen molar-refractivity contribution in [1.29, 1.82) is 5.26 Å². The van der Waals surface area contributed by atoms with Crippen LogP contribution in [0.3, 0.4) is 0 Å². The second-order valence-corrected chi connectivity index (χ2v) is 5.54. The number of halogens is 1. The van der Waals surface area contributed by atoms with Crippen molar-refractivity contribution in [3.63, 3.8) is 0 Å². The maximum atomic E-state index is 8.91. The van der Waals surface area contributed by atoms with E-state index < -0.39 is 0 Å². The van der Waals surface area contributed by atoms with Crippen LogP contribution in [-0.4, -0.2) is 6.04 Å². The van der Waals surface area contributed by atoms with Gasteiger partial charge < -0.3 is 5.32 Å². The topological polar surface area (TPSA) is 35.8 Å². The summed E-state index contributed by atoms with van der Waals surface area (Å²) in [4.78, 5) is 0. The van der Waals surface area contributed by atoms with Crippen molar-refractivity contribution in [3.05, 3.63) is 28.8 Å². The Bertz CT molecular complexity index is 444. The number of anilines is 1. The maximum Gasteiger partial charge on any atom is 0.0992 e. The molecule has 1 N–H and O–H groups in total. The summed E-state index contributed by atoms with van der Waals surface area (Å²) < 4.78 is 0. The Morgan fingerprint density at radius 2 is 2.06 bits per heavy atom. The highest BCUT2D eigenvalue weighted by Gasteiger charge is 2.20. The average molecular weight is 263 g/mol. The van der Waals surface area contributed by atoms with Crippen LogP contribution in [0.1, 0.15) is 44.6 Å². The fourth-order valence-corrected chi connectivity index (χ4v) is 2.87. The lowest BCUT2D eigenvalue weighted by Crippen LogP contribution is -2.27. The largest absolute Gasteiger partial charge is 0.381 e. The van der Waals surface area contributed by atoms with Gasteiger partial charge in [-0.1, -0.05) is 30.9 Å². The molecule has 2 nitrogen and oxygen atoms in total. The molecule has 0 heterocycles. The van der Waals surface area contributed by atoms with Crippen LogP contribution >= 0.6 is 11.6 Å². The lowest BCUT2D eigenvalue weighted by molar-refractivity contribution is 0.328. The minimum absolute atomic E-state index is 0.414. The van der Waals surface area contributed by atoms with Gasteiger partial charge in [-0.25, -0.2) is 0 Å². The van der Waals surface area contributed by atoms with E-state index in [4.69, 9.17) is 16.9 Å². The van der Waals surface area contributed by atoms with Gasteiger partial charge in [0.2, 0.25) is 0 Å². The molecule has 1 aliphatic rings. The molecule has 1 fully saturated rings. The Morgan fingerprint density at radius 3 is 2.72 bits per heavy atom. The molecule has 1 unspecified atom stereocenters. The number of benzene rings is 1. The first kappa shape index (κ1) is 13.2. The van der Waals surface area contributed by atoms with Crippen molar-refractivity contribution in [2.24, 2.45) is 5.92 Å². The number of nitrogens with zero attached hydrogens (tertiary/aromatic N) is 1. The zero-order valence-electron chi connectivity index (χ0n) is 10.7. The maximum absolute atomic E-state index is 8.91. The fourth-order valence-electron chi connectivity index (χ4n) is 2.70. The molecule has 0 spiro atoms. The Kier molecular flexibility index (Phi) is 4.49. The Hall–Kier alpha value is -1.20.